The van der Waals surface area contributed by atoms with E-state index in [1.165, 1.54) is 12.1 Å². The van der Waals surface area contributed by atoms with Crippen LogP contribution in [0.3, 0.4) is 0 Å². The summed E-state index contributed by atoms with van der Waals surface area (Å²) in [4.78, 5) is 23.7. The Morgan fingerprint density at radius 1 is 0.947 bits per heavy atom. The van der Waals surface area contributed by atoms with E-state index in [-0.39, 0.29) is 16.8 Å². The maximum Gasteiger partial charge on any atom is 0.253 e. The molecule has 19 heavy (non-hydrogen) atoms. The molecule has 0 heterocycles. The van der Waals surface area contributed by atoms with Crippen molar-refractivity contribution < 1.29 is 9.59 Å². The van der Waals surface area contributed by atoms with Crippen molar-refractivity contribution in [3.05, 3.63) is 35.4 Å². The molecule has 0 saturated carbocycles. The number of carbonyl (C=O) groups is 2. The second-order valence-corrected chi connectivity index (χ2v) is 7.85. The van der Waals surface area contributed by atoms with Crippen molar-refractivity contribution in [2.24, 2.45) is 5.41 Å². The molecule has 0 aliphatic carbocycles. The molecule has 0 aliphatic rings. The van der Waals surface area contributed by atoms with Crippen LogP contribution in [0, 0.1) is 5.41 Å². The van der Waals surface area contributed by atoms with E-state index >= 15 is 0 Å². The van der Waals surface area contributed by atoms with Crippen LogP contribution >= 0.6 is 34.8 Å². The fourth-order valence-corrected chi connectivity index (χ4v) is 1.88. The number of carbonyl (C=O) groups excluding carboxylic acids is 2. The standard InChI is InChI=1S/C14H15Cl3O2/c1-13(2,3)8-11(18)9-4-6-10(7-5-9)12(19)14(15,16)17/h4-7H,8H2,1-3H3. The number of hydrogen-bond donors (Lipinski definition) is 0. The highest BCUT2D eigenvalue weighted by atomic mass is 35.6. The summed E-state index contributed by atoms with van der Waals surface area (Å²) in [6.45, 7) is 5.98. The summed E-state index contributed by atoms with van der Waals surface area (Å²) in [5.41, 5.74) is 0.742. The normalized spacial score (nSPS) is 12.3. The van der Waals surface area contributed by atoms with Gasteiger partial charge in [0.05, 0.1) is 0 Å². The smallest absolute Gasteiger partial charge is 0.253 e. The highest BCUT2D eigenvalue weighted by molar-refractivity contribution is 6.77. The van der Waals surface area contributed by atoms with Gasteiger partial charge in [-0.05, 0) is 5.41 Å². The van der Waals surface area contributed by atoms with Gasteiger partial charge in [0.25, 0.3) is 3.79 Å². The van der Waals surface area contributed by atoms with Crippen LogP contribution in [0.2, 0.25) is 0 Å². The molecule has 0 unspecified atom stereocenters. The second-order valence-electron chi connectivity index (χ2n) is 5.56. The van der Waals surface area contributed by atoms with Gasteiger partial charge in [0.1, 0.15) is 0 Å². The lowest BCUT2D eigenvalue weighted by molar-refractivity contribution is 0.0937. The van der Waals surface area contributed by atoms with Crippen LogP contribution in [0.4, 0.5) is 0 Å². The van der Waals surface area contributed by atoms with Crippen LogP contribution in [0.25, 0.3) is 0 Å². The van der Waals surface area contributed by atoms with Crippen molar-refractivity contribution in [2.45, 2.75) is 31.0 Å². The lowest BCUT2D eigenvalue weighted by Gasteiger charge is -2.16. The van der Waals surface area contributed by atoms with E-state index in [0.29, 0.717) is 12.0 Å². The Morgan fingerprint density at radius 2 is 1.37 bits per heavy atom. The van der Waals surface area contributed by atoms with E-state index in [9.17, 15) is 9.59 Å². The summed E-state index contributed by atoms with van der Waals surface area (Å²) in [5, 5.41) is 0. The Balaban J connectivity index is 2.89. The number of hydrogen-bond acceptors (Lipinski definition) is 2. The zero-order valence-corrected chi connectivity index (χ0v) is 13.2. The molecule has 1 aromatic rings. The van der Waals surface area contributed by atoms with Crippen LogP contribution in [-0.2, 0) is 0 Å². The number of halogens is 3. The lowest BCUT2D eigenvalue weighted by atomic mass is 9.87. The van der Waals surface area contributed by atoms with Crippen LogP contribution in [0.5, 0.6) is 0 Å². The Kier molecular flexibility index (Phi) is 5.05. The first kappa shape index (κ1) is 16.5. The van der Waals surface area contributed by atoms with Crippen molar-refractivity contribution >= 4 is 46.4 Å². The molecule has 0 atom stereocenters. The van der Waals surface area contributed by atoms with E-state index in [0.717, 1.165) is 0 Å². The summed E-state index contributed by atoms with van der Waals surface area (Å²) in [5.74, 6) is -0.576. The predicted octanol–water partition coefficient (Wildman–Crippen LogP) is 4.86. The average molecular weight is 322 g/mol. The minimum atomic E-state index is -1.98. The lowest BCUT2D eigenvalue weighted by Crippen LogP contribution is -2.19. The van der Waals surface area contributed by atoms with Gasteiger partial charge in [-0.3, -0.25) is 9.59 Å². The van der Waals surface area contributed by atoms with Gasteiger partial charge < -0.3 is 0 Å². The summed E-state index contributed by atoms with van der Waals surface area (Å²) >= 11 is 16.6. The highest BCUT2D eigenvalue weighted by Crippen LogP contribution is 2.30. The molecular weight excluding hydrogens is 307 g/mol. The number of benzene rings is 1. The van der Waals surface area contributed by atoms with Gasteiger partial charge in [0.2, 0.25) is 5.78 Å². The van der Waals surface area contributed by atoms with Crippen molar-refractivity contribution in [3.63, 3.8) is 0 Å². The molecular formula is C14H15Cl3O2. The van der Waals surface area contributed by atoms with E-state index in [4.69, 9.17) is 34.8 Å². The molecule has 0 saturated heterocycles. The molecule has 0 aromatic heterocycles. The molecule has 0 spiro atoms. The number of alkyl halides is 3. The van der Waals surface area contributed by atoms with Crippen LogP contribution < -0.4 is 0 Å². The van der Waals surface area contributed by atoms with Gasteiger partial charge in [-0.25, -0.2) is 0 Å². The van der Waals surface area contributed by atoms with Gasteiger partial charge in [-0.2, -0.15) is 0 Å². The van der Waals surface area contributed by atoms with E-state index in [1.54, 1.807) is 12.1 Å². The number of ketones is 2. The molecule has 104 valence electrons. The fourth-order valence-electron chi connectivity index (χ4n) is 1.55. The molecule has 0 N–H and O–H groups in total. The number of rotatable bonds is 3. The topological polar surface area (TPSA) is 34.1 Å². The highest BCUT2D eigenvalue weighted by Gasteiger charge is 2.31. The van der Waals surface area contributed by atoms with Gasteiger partial charge in [-0.1, -0.05) is 79.8 Å². The average Bonchev–Trinajstić information content (AvgIpc) is 2.24. The maximum absolute atomic E-state index is 12.0. The first-order valence-corrected chi connectivity index (χ1v) is 6.89. The third-order valence-electron chi connectivity index (χ3n) is 2.42. The molecule has 0 aliphatic heterocycles. The zero-order chi connectivity index (χ0) is 14.8. The Bertz CT molecular complexity index is 479. The molecule has 1 rings (SSSR count). The van der Waals surface area contributed by atoms with Crippen LogP contribution in [0.15, 0.2) is 24.3 Å². The Labute approximate surface area is 128 Å². The van der Waals surface area contributed by atoms with E-state index in [1.807, 2.05) is 20.8 Å². The summed E-state index contributed by atoms with van der Waals surface area (Å²) in [6, 6.07) is 6.16. The van der Waals surface area contributed by atoms with Crippen LogP contribution in [-0.4, -0.2) is 15.4 Å². The van der Waals surface area contributed by atoms with Crippen molar-refractivity contribution in [1.82, 2.24) is 0 Å². The minimum absolute atomic E-state index is 0.0281. The van der Waals surface area contributed by atoms with E-state index < -0.39 is 9.58 Å². The van der Waals surface area contributed by atoms with Gasteiger partial charge in [-0.15, -0.1) is 0 Å². The minimum Gasteiger partial charge on any atom is -0.294 e. The fraction of sp³-hybridized carbons (Fsp3) is 0.429. The van der Waals surface area contributed by atoms with Crippen molar-refractivity contribution in [3.8, 4) is 0 Å². The molecule has 5 heteroatoms. The molecule has 1 aromatic carbocycles. The summed E-state index contributed by atoms with van der Waals surface area (Å²) in [7, 11) is 0. The molecule has 0 fully saturated rings. The quantitative estimate of drug-likeness (QED) is 0.588. The van der Waals surface area contributed by atoms with E-state index in [2.05, 4.69) is 0 Å². The molecule has 2 nitrogen and oxygen atoms in total. The van der Waals surface area contributed by atoms with Gasteiger partial charge in [0.15, 0.2) is 5.78 Å². The van der Waals surface area contributed by atoms with Crippen molar-refractivity contribution in [1.29, 1.82) is 0 Å². The van der Waals surface area contributed by atoms with Gasteiger partial charge in [0, 0.05) is 17.5 Å². The summed E-state index contributed by atoms with van der Waals surface area (Å²) < 4.78 is -1.98. The van der Waals surface area contributed by atoms with Gasteiger partial charge >= 0.3 is 0 Å². The molecule has 0 radical (unpaired) electrons. The SMILES string of the molecule is CC(C)(C)CC(=O)c1ccc(C(=O)C(Cl)(Cl)Cl)cc1. The number of Topliss-reactive ketones (excluding diaryl/α,β-unsaturated/α-hetero) is 2. The largest absolute Gasteiger partial charge is 0.294 e. The Morgan fingerprint density at radius 3 is 1.74 bits per heavy atom. The third kappa shape index (κ3) is 5.13. The Hall–Kier alpha value is -0.570. The van der Waals surface area contributed by atoms with Crippen molar-refractivity contribution in [2.75, 3.05) is 0 Å². The molecule has 0 amide bonds. The third-order valence-corrected chi connectivity index (χ3v) is 2.93. The summed E-state index contributed by atoms with van der Waals surface area (Å²) in [6.07, 6.45) is 0.435. The first-order valence-electron chi connectivity index (χ1n) is 5.75. The predicted molar refractivity (Wildman–Crippen MR) is 79.5 cm³/mol. The second kappa shape index (κ2) is 5.82. The van der Waals surface area contributed by atoms with Crippen LogP contribution in [0.1, 0.15) is 47.9 Å². The first-order chi connectivity index (χ1) is 8.50. The maximum atomic E-state index is 12.0. The monoisotopic (exact) mass is 320 g/mol. The zero-order valence-electron chi connectivity index (χ0n) is 11.0. The molecule has 0 bridgehead atoms.